The molecule has 0 aromatic heterocycles. The molecule has 0 bridgehead atoms. The number of nitrogens with zero attached hydrogens (tertiary/aromatic N) is 3. The average molecular weight is 475 g/mol. The second-order valence-electron chi connectivity index (χ2n) is 7.24. The van der Waals surface area contributed by atoms with E-state index in [4.69, 9.17) is 18.9 Å². The van der Waals surface area contributed by atoms with Gasteiger partial charge in [-0.25, -0.2) is 9.79 Å². The number of nitro benzene ring substituents is 2. The molecule has 0 saturated carbocycles. The average Bonchev–Trinajstić information content (AvgIpc) is 3.45. The van der Waals surface area contributed by atoms with Crippen molar-refractivity contribution in [3.8, 4) is 23.0 Å². The van der Waals surface area contributed by atoms with Crippen LogP contribution < -0.4 is 14.2 Å². The van der Waals surface area contributed by atoms with Crippen LogP contribution in [0.25, 0.3) is 6.08 Å². The first kappa shape index (κ1) is 21.6. The predicted octanol–water partition coefficient (Wildman–Crippen LogP) is 4.37. The van der Waals surface area contributed by atoms with E-state index in [2.05, 4.69) is 4.99 Å². The summed E-state index contributed by atoms with van der Waals surface area (Å²) < 4.78 is 21.5. The van der Waals surface area contributed by atoms with Crippen LogP contribution in [-0.4, -0.2) is 28.5 Å². The number of hydrogen-bond acceptors (Lipinski definition) is 10. The number of nitro groups is 2. The first-order valence-corrected chi connectivity index (χ1v) is 10.0. The third-order valence-corrected chi connectivity index (χ3v) is 4.98. The van der Waals surface area contributed by atoms with Gasteiger partial charge in [-0.2, -0.15) is 0 Å². The Bertz CT molecular complexity index is 1460. The van der Waals surface area contributed by atoms with Gasteiger partial charge >= 0.3 is 11.7 Å². The highest BCUT2D eigenvalue weighted by Crippen LogP contribution is 2.35. The van der Waals surface area contributed by atoms with E-state index in [1.54, 1.807) is 36.4 Å². The minimum atomic E-state index is -0.769. The van der Waals surface area contributed by atoms with Crippen molar-refractivity contribution in [2.75, 3.05) is 6.79 Å². The molecule has 0 unspecified atom stereocenters. The summed E-state index contributed by atoms with van der Waals surface area (Å²) in [5, 5.41) is 22.3. The van der Waals surface area contributed by atoms with Crippen molar-refractivity contribution >= 4 is 29.3 Å². The van der Waals surface area contributed by atoms with Crippen molar-refractivity contribution in [1.29, 1.82) is 0 Å². The van der Waals surface area contributed by atoms with Gasteiger partial charge in [0.1, 0.15) is 5.75 Å². The maximum Gasteiger partial charge on any atom is 0.363 e. The number of rotatable bonds is 6. The molecule has 0 N–H and O–H groups in total. The number of cyclic esters (lactones) is 1. The molecule has 5 rings (SSSR count). The molecule has 0 fully saturated rings. The maximum atomic E-state index is 12.4. The normalized spacial score (nSPS) is 15.0. The highest BCUT2D eigenvalue weighted by molar-refractivity contribution is 6.13. The summed E-state index contributed by atoms with van der Waals surface area (Å²) in [7, 11) is 0. The molecule has 3 aromatic rings. The molecule has 0 spiro atoms. The van der Waals surface area contributed by atoms with Gasteiger partial charge in [0.25, 0.3) is 5.69 Å². The third-order valence-electron chi connectivity index (χ3n) is 4.98. The summed E-state index contributed by atoms with van der Waals surface area (Å²) >= 11 is 0. The van der Waals surface area contributed by atoms with Crippen LogP contribution in [-0.2, 0) is 9.53 Å². The molecular weight excluding hydrogens is 462 g/mol. The van der Waals surface area contributed by atoms with Crippen LogP contribution in [0.2, 0.25) is 0 Å². The first-order valence-electron chi connectivity index (χ1n) is 10.0. The Hall–Kier alpha value is -5.26. The number of fused-ring (bicyclic) bond motifs is 1. The lowest BCUT2D eigenvalue weighted by Gasteiger charge is -2.07. The van der Waals surface area contributed by atoms with E-state index < -0.39 is 27.2 Å². The Morgan fingerprint density at radius 3 is 2.57 bits per heavy atom. The fourth-order valence-electron chi connectivity index (χ4n) is 3.36. The van der Waals surface area contributed by atoms with Gasteiger partial charge in [-0.05, 0) is 48.0 Å². The highest BCUT2D eigenvalue weighted by Gasteiger charge is 2.26. The monoisotopic (exact) mass is 475 g/mol. The van der Waals surface area contributed by atoms with E-state index in [0.29, 0.717) is 22.6 Å². The molecule has 12 heteroatoms. The summed E-state index contributed by atoms with van der Waals surface area (Å²) in [6, 6.07) is 14.5. The van der Waals surface area contributed by atoms with Gasteiger partial charge in [0.05, 0.1) is 15.9 Å². The Morgan fingerprint density at radius 1 is 0.943 bits per heavy atom. The molecule has 0 radical (unpaired) electrons. The summed E-state index contributed by atoms with van der Waals surface area (Å²) in [5.41, 5.74) is 0.0955. The fraction of sp³-hybridized carbons (Fsp3) is 0.0435. The quantitative estimate of drug-likeness (QED) is 0.219. The van der Waals surface area contributed by atoms with Crippen molar-refractivity contribution in [3.05, 3.63) is 97.7 Å². The number of benzene rings is 3. The zero-order chi connectivity index (χ0) is 24.5. The van der Waals surface area contributed by atoms with Crippen LogP contribution in [0.3, 0.4) is 0 Å². The SMILES string of the molecule is O=C1OC(c2ccc3c(c2)OCO3)=N/C1=C\c1cccc(Oc2ccc([N+](=O)[O-])cc2[N+](=O)[O-])c1. The highest BCUT2D eigenvalue weighted by atomic mass is 16.7. The lowest BCUT2D eigenvalue weighted by molar-refractivity contribution is -0.394. The van der Waals surface area contributed by atoms with E-state index in [-0.39, 0.29) is 29.9 Å². The Labute approximate surface area is 195 Å². The van der Waals surface area contributed by atoms with Crippen molar-refractivity contribution in [1.82, 2.24) is 0 Å². The topological polar surface area (TPSA) is 153 Å². The van der Waals surface area contributed by atoms with Gasteiger partial charge in [0.15, 0.2) is 17.2 Å². The molecule has 0 amide bonds. The molecule has 0 atom stereocenters. The number of aliphatic imine (C=N–C) groups is 1. The molecule has 0 aliphatic carbocycles. The molecule has 12 nitrogen and oxygen atoms in total. The van der Waals surface area contributed by atoms with Crippen LogP contribution >= 0.6 is 0 Å². The van der Waals surface area contributed by atoms with E-state index >= 15 is 0 Å². The van der Waals surface area contributed by atoms with Gasteiger partial charge in [-0.15, -0.1) is 0 Å². The number of ether oxygens (including phenoxy) is 4. The smallest absolute Gasteiger partial charge is 0.363 e. The first-order chi connectivity index (χ1) is 16.9. The van der Waals surface area contributed by atoms with Crippen LogP contribution in [0.5, 0.6) is 23.0 Å². The molecule has 174 valence electrons. The van der Waals surface area contributed by atoms with Crippen molar-refractivity contribution < 1.29 is 33.6 Å². The Morgan fingerprint density at radius 2 is 1.77 bits per heavy atom. The zero-order valence-corrected chi connectivity index (χ0v) is 17.6. The Balaban J connectivity index is 1.40. The second kappa shape index (κ2) is 8.59. The minimum absolute atomic E-state index is 0.0381. The second-order valence-corrected chi connectivity index (χ2v) is 7.24. The van der Waals surface area contributed by atoms with E-state index in [1.165, 1.54) is 12.1 Å². The summed E-state index contributed by atoms with van der Waals surface area (Å²) in [4.78, 5) is 37.4. The molecular formula is C23H13N3O9. The molecule has 0 saturated heterocycles. The van der Waals surface area contributed by atoms with Crippen LogP contribution in [0, 0.1) is 20.2 Å². The Kier molecular flexibility index (Phi) is 5.30. The van der Waals surface area contributed by atoms with Gasteiger partial charge in [-0.3, -0.25) is 20.2 Å². The lowest BCUT2D eigenvalue weighted by atomic mass is 10.2. The summed E-state index contributed by atoms with van der Waals surface area (Å²) in [6.45, 7) is 0.109. The van der Waals surface area contributed by atoms with Crippen LogP contribution in [0.4, 0.5) is 11.4 Å². The van der Waals surface area contributed by atoms with Gasteiger partial charge < -0.3 is 18.9 Å². The lowest BCUT2D eigenvalue weighted by Crippen LogP contribution is -2.05. The largest absolute Gasteiger partial charge is 0.454 e. The number of hydrogen-bond donors (Lipinski definition) is 0. The minimum Gasteiger partial charge on any atom is -0.454 e. The molecule has 2 aliphatic rings. The number of esters is 1. The van der Waals surface area contributed by atoms with Crippen LogP contribution in [0.1, 0.15) is 11.1 Å². The van der Waals surface area contributed by atoms with Gasteiger partial charge in [-0.1, -0.05) is 12.1 Å². The summed E-state index contributed by atoms with van der Waals surface area (Å²) in [5.74, 6) is 0.586. The molecule has 2 aliphatic heterocycles. The third kappa shape index (κ3) is 4.35. The zero-order valence-electron chi connectivity index (χ0n) is 17.6. The standard InChI is InChI=1S/C23H13N3O9/c27-23-17(24-22(35-23)14-4-6-20-21(10-14)33-12-32-20)9-13-2-1-3-16(8-13)34-19-7-5-15(25(28)29)11-18(19)26(30)31/h1-11H,12H2/b17-9-. The van der Waals surface area contributed by atoms with Gasteiger partial charge in [0.2, 0.25) is 18.4 Å². The fourth-order valence-corrected chi connectivity index (χ4v) is 3.36. The van der Waals surface area contributed by atoms with Crippen molar-refractivity contribution in [2.24, 2.45) is 4.99 Å². The number of carbonyl (C=O) groups excluding carboxylic acids is 1. The molecule has 35 heavy (non-hydrogen) atoms. The molecule has 3 aromatic carbocycles. The van der Waals surface area contributed by atoms with Crippen LogP contribution in [0.15, 0.2) is 71.4 Å². The van der Waals surface area contributed by atoms with E-state index in [1.807, 2.05) is 0 Å². The number of non-ortho nitro benzene ring substituents is 1. The summed E-state index contributed by atoms with van der Waals surface area (Å²) in [6.07, 6.45) is 1.47. The maximum absolute atomic E-state index is 12.4. The predicted molar refractivity (Wildman–Crippen MR) is 119 cm³/mol. The van der Waals surface area contributed by atoms with Crippen molar-refractivity contribution in [3.63, 3.8) is 0 Å². The van der Waals surface area contributed by atoms with Crippen molar-refractivity contribution in [2.45, 2.75) is 0 Å². The van der Waals surface area contributed by atoms with E-state index in [0.717, 1.165) is 18.2 Å². The van der Waals surface area contributed by atoms with E-state index in [9.17, 15) is 25.0 Å². The number of carbonyl (C=O) groups is 1. The molecule has 2 heterocycles. The van der Waals surface area contributed by atoms with Gasteiger partial charge in [0, 0.05) is 11.6 Å².